The van der Waals surface area contributed by atoms with Crippen LogP contribution in [0.2, 0.25) is 0 Å². The highest BCUT2D eigenvalue weighted by Gasteiger charge is 2.09. The predicted octanol–water partition coefficient (Wildman–Crippen LogP) is 1.00. The molecule has 0 aliphatic heterocycles. The van der Waals surface area contributed by atoms with Crippen LogP contribution in [0.25, 0.3) is 0 Å². The van der Waals surface area contributed by atoms with Crippen molar-refractivity contribution >= 4 is 5.82 Å². The fourth-order valence-electron chi connectivity index (χ4n) is 1.62. The molecule has 0 fully saturated rings. The van der Waals surface area contributed by atoms with Crippen LogP contribution in [0.15, 0.2) is 36.9 Å². The molecule has 88 valence electrons. The number of nitrogens with zero attached hydrogens (tertiary/aromatic N) is 4. The van der Waals surface area contributed by atoms with Crippen LogP contribution in [0.5, 0.6) is 0 Å². The lowest BCUT2D eigenvalue weighted by atomic mass is 10.3. The molecule has 0 aliphatic rings. The van der Waals surface area contributed by atoms with Gasteiger partial charge in [0.2, 0.25) is 0 Å². The number of pyridine rings is 1. The first-order valence-electron chi connectivity index (χ1n) is 5.32. The Kier molecular flexibility index (Phi) is 3.62. The summed E-state index contributed by atoms with van der Waals surface area (Å²) >= 11 is 0. The maximum Gasteiger partial charge on any atom is 0.137 e. The lowest BCUT2D eigenvalue weighted by Gasteiger charge is -2.19. The van der Waals surface area contributed by atoms with Crippen LogP contribution in [0.4, 0.5) is 5.82 Å². The Labute approximate surface area is 99.8 Å². The van der Waals surface area contributed by atoms with E-state index in [-0.39, 0.29) is 6.61 Å². The van der Waals surface area contributed by atoms with Gasteiger partial charge >= 0.3 is 0 Å². The van der Waals surface area contributed by atoms with Gasteiger partial charge in [-0.3, -0.25) is 4.98 Å². The highest BCUT2D eigenvalue weighted by atomic mass is 16.3. The minimum atomic E-state index is -0.0667. The summed E-state index contributed by atoms with van der Waals surface area (Å²) < 4.78 is 0. The first kappa shape index (κ1) is 11.5. The topological polar surface area (TPSA) is 62.1 Å². The molecule has 17 heavy (non-hydrogen) atoms. The molecule has 0 saturated carbocycles. The van der Waals surface area contributed by atoms with E-state index in [9.17, 15) is 5.11 Å². The average molecular weight is 230 g/mol. The van der Waals surface area contributed by atoms with Crippen LogP contribution >= 0.6 is 0 Å². The molecule has 5 nitrogen and oxygen atoms in total. The SMILES string of the molecule is CN(Cc1ccccn1)c1ncncc1CO. The fraction of sp³-hybridized carbons (Fsp3) is 0.250. The van der Waals surface area contributed by atoms with E-state index in [0.29, 0.717) is 12.1 Å². The quantitative estimate of drug-likeness (QED) is 0.849. The van der Waals surface area contributed by atoms with Crippen LogP contribution in [0.1, 0.15) is 11.3 Å². The third kappa shape index (κ3) is 2.76. The maximum atomic E-state index is 9.21. The molecule has 2 rings (SSSR count). The zero-order chi connectivity index (χ0) is 12.1. The van der Waals surface area contributed by atoms with Crippen LogP contribution in [-0.4, -0.2) is 27.1 Å². The van der Waals surface area contributed by atoms with Crippen molar-refractivity contribution in [3.8, 4) is 0 Å². The van der Waals surface area contributed by atoms with Crippen molar-refractivity contribution in [2.45, 2.75) is 13.2 Å². The molecular weight excluding hydrogens is 216 g/mol. The van der Waals surface area contributed by atoms with Crippen molar-refractivity contribution in [2.24, 2.45) is 0 Å². The Morgan fingerprint density at radius 1 is 1.29 bits per heavy atom. The second-order valence-corrected chi connectivity index (χ2v) is 3.71. The van der Waals surface area contributed by atoms with Crippen LogP contribution in [-0.2, 0) is 13.2 Å². The molecular formula is C12H14N4O. The molecule has 0 radical (unpaired) electrons. The third-order valence-electron chi connectivity index (χ3n) is 2.42. The van der Waals surface area contributed by atoms with Gasteiger partial charge in [0.25, 0.3) is 0 Å². The average Bonchev–Trinajstić information content (AvgIpc) is 2.40. The van der Waals surface area contributed by atoms with Gasteiger partial charge in [-0.2, -0.15) is 0 Å². The van der Waals surface area contributed by atoms with Gasteiger partial charge in [0.1, 0.15) is 12.1 Å². The number of aromatic nitrogens is 3. The van der Waals surface area contributed by atoms with Gasteiger partial charge in [-0.15, -0.1) is 0 Å². The molecule has 0 aliphatic carbocycles. The number of aliphatic hydroxyl groups excluding tert-OH is 1. The van der Waals surface area contributed by atoms with E-state index in [4.69, 9.17) is 0 Å². The minimum absolute atomic E-state index is 0.0667. The molecule has 0 spiro atoms. The lowest BCUT2D eigenvalue weighted by Crippen LogP contribution is -2.20. The van der Waals surface area contributed by atoms with Gasteiger partial charge in [-0.05, 0) is 12.1 Å². The summed E-state index contributed by atoms with van der Waals surface area (Å²) in [6.07, 6.45) is 4.86. The van der Waals surface area contributed by atoms with Gasteiger partial charge < -0.3 is 10.0 Å². The van der Waals surface area contributed by atoms with E-state index in [0.717, 1.165) is 11.5 Å². The number of aliphatic hydroxyl groups is 1. The smallest absolute Gasteiger partial charge is 0.137 e. The summed E-state index contributed by atoms with van der Waals surface area (Å²) in [5.74, 6) is 0.730. The van der Waals surface area contributed by atoms with Gasteiger partial charge in [0.15, 0.2) is 0 Å². The molecule has 0 bridgehead atoms. The molecule has 2 heterocycles. The molecule has 2 aromatic rings. The van der Waals surface area contributed by atoms with Crippen molar-refractivity contribution in [2.75, 3.05) is 11.9 Å². The number of anilines is 1. The van der Waals surface area contributed by atoms with Crippen molar-refractivity contribution in [1.82, 2.24) is 15.0 Å². The second-order valence-electron chi connectivity index (χ2n) is 3.71. The second kappa shape index (κ2) is 5.36. The van der Waals surface area contributed by atoms with Crippen molar-refractivity contribution in [3.05, 3.63) is 48.2 Å². The molecule has 0 aromatic carbocycles. The summed E-state index contributed by atoms with van der Waals surface area (Å²) in [4.78, 5) is 14.3. The Balaban J connectivity index is 2.17. The molecule has 0 atom stereocenters. The van der Waals surface area contributed by atoms with E-state index in [1.807, 2.05) is 30.1 Å². The molecule has 0 amide bonds. The summed E-state index contributed by atoms with van der Waals surface area (Å²) in [6, 6.07) is 5.78. The normalized spacial score (nSPS) is 10.2. The molecule has 2 aromatic heterocycles. The van der Waals surface area contributed by atoms with E-state index in [2.05, 4.69) is 15.0 Å². The van der Waals surface area contributed by atoms with Crippen molar-refractivity contribution in [1.29, 1.82) is 0 Å². The highest BCUT2D eigenvalue weighted by Crippen LogP contribution is 2.16. The Bertz CT molecular complexity index is 475. The zero-order valence-electron chi connectivity index (χ0n) is 9.61. The largest absolute Gasteiger partial charge is 0.391 e. The Morgan fingerprint density at radius 2 is 2.18 bits per heavy atom. The lowest BCUT2D eigenvalue weighted by molar-refractivity contribution is 0.281. The summed E-state index contributed by atoms with van der Waals surface area (Å²) in [5, 5.41) is 9.21. The number of hydrogen-bond acceptors (Lipinski definition) is 5. The first-order chi connectivity index (χ1) is 8.31. The molecule has 5 heteroatoms. The molecule has 0 unspecified atom stereocenters. The van der Waals surface area contributed by atoms with Gasteiger partial charge in [0, 0.05) is 25.0 Å². The van der Waals surface area contributed by atoms with Crippen LogP contribution in [0.3, 0.4) is 0 Å². The maximum absolute atomic E-state index is 9.21. The standard InChI is InChI=1S/C12H14N4O/c1-16(7-11-4-2-3-5-14-11)12-10(8-17)6-13-9-15-12/h2-6,9,17H,7-8H2,1H3. The summed E-state index contributed by atoms with van der Waals surface area (Å²) in [7, 11) is 1.91. The predicted molar refractivity (Wildman–Crippen MR) is 64.3 cm³/mol. The highest BCUT2D eigenvalue weighted by molar-refractivity contribution is 5.44. The Morgan fingerprint density at radius 3 is 2.88 bits per heavy atom. The van der Waals surface area contributed by atoms with E-state index < -0.39 is 0 Å². The zero-order valence-corrected chi connectivity index (χ0v) is 9.61. The first-order valence-corrected chi connectivity index (χ1v) is 5.32. The Hall–Kier alpha value is -2.01. The van der Waals surface area contributed by atoms with Crippen molar-refractivity contribution < 1.29 is 5.11 Å². The summed E-state index contributed by atoms with van der Waals surface area (Å²) in [6.45, 7) is 0.577. The minimum Gasteiger partial charge on any atom is -0.391 e. The van der Waals surface area contributed by atoms with E-state index in [1.54, 1.807) is 12.4 Å². The summed E-state index contributed by atoms with van der Waals surface area (Å²) in [5.41, 5.74) is 1.67. The van der Waals surface area contributed by atoms with Gasteiger partial charge in [-0.25, -0.2) is 9.97 Å². The van der Waals surface area contributed by atoms with E-state index in [1.165, 1.54) is 6.33 Å². The van der Waals surface area contributed by atoms with Gasteiger partial charge in [0.05, 0.1) is 18.8 Å². The molecule has 1 N–H and O–H groups in total. The molecule has 0 saturated heterocycles. The van der Waals surface area contributed by atoms with Gasteiger partial charge in [-0.1, -0.05) is 6.07 Å². The monoisotopic (exact) mass is 230 g/mol. The number of hydrogen-bond donors (Lipinski definition) is 1. The van der Waals surface area contributed by atoms with Crippen LogP contribution in [0, 0.1) is 0 Å². The third-order valence-corrected chi connectivity index (χ3v) is 2.42. The fourth-order valence-corrected chi connectivity index (χ4v) is 1.62. The van der Waals surface area contributed by atoms with Crippen molar-refractivity contribution in [3.63, 3.8) is 0 Å². The van der Waals surface area contributed by atoms with Crippen LogP contribution < -0.4 is 4.90 Å². The van der Waals surface area contributed by atoms with E-state index >= 15 is 0 Å². The number of rotatable bonds is 4.